The zero-order valence-electron chi connectivity index (χ0n) is 14.2. The first kappa shape index (κ1) is 17.0. The summed E-state index contributed by atoms with van der Waals surface area (Å²) in [5, 5.41) is 0. The molecule has 0 saturated heterocycles. The number of nitrogens with zero attached hydrogens (tertiary/aromatic N) is 2. The molecule has 1 unspecified atom stereocenters. The normalized spacial score (nSPS) is 18.3. The van der Waals surface area contributed by atoms with E-state index in [1.807, 2.05) is 31.2 Å². The van der Waals surface area contributed by atoms with Gasteiger partial charge in [-0.1, -0.05) is 34.1 Å². The molecule has 5 nitrogen and oxygen atoms in total. The predicted molar refractivity (Wildman–Crippen MR) is 101 cm³/mol. The number of hydrogen-bond donors (Lipinski definition) is 0. The second kappa shape index (κ2) is 6.36. The summed E-state index contributed by atoms with van der Waals surface area (Å²) in [5.41, 5.74) is 2.86. The first-order chi connectivity index (χ1) is 12.5. The van der Waals surface area contributed by atoms with Crippen molar-refractivity contribution in [1.29, 1.82) is 0 Å². The number of imide groups is 1. The summed E-state index contributed by atoms with van der Waals surface area (Å²) < 4.78 is 0.748. The van der Waals surface area contributed by atoms with Crippen molar-refractivity contribution < 1.29 is 14.4 Å². The number of halogens is 1. The van der Waals surface area contributed by atoms with Crippen LogP contribution in [-0.2, 0) is 11.2 Å². The molecule has 4 rings (SSSR count). The average Bonchev–Trinajstić information content (AvgIpc) is 3.07. The first-order valence-corrected chi connectivity index (χ1v) is 9.32. The molecule has 0 radical (unpaired) electrons. The fourth-order valence-electron chi connectivity index (χ4n) is 3.74. The van der Waals surface area contributed by atoms with Gasteiger partial charge in [-0.3, -0.25) is 19.3 Å². The summed E-state index contributed by atoms with van der Waals surface area (Å²) in [7, 11) is 0. The zero-order chi connectivity index (χ0) is 18.4. The molecule has 0 spiro atoms. The number of rotatable bonds is 3. The number of fused-ring (bicyclic) bond motifs is 2. The Morgan fingerprint density at radius 1 is 1.12 bits per heavy atom. The molecule has 0 bridgehead atoms. The van der Waals surface area contributed by atoms with E-state index >= 15 is 0 Å². The molecule has 1 atom stereocenters. The van der Waals surface area contributed by atoms with Crippen LogP contribution in [0.1, 0.15) is 39.6 Å². The minimum absolute atomic E-state index is 0.0693. The Kier molecular flexibility index (Phi) is 4.15. The van der Waals surface area contributed by atoms with Crippen LogP contribution in [0.15, 0.2) is 46.9 Å². The van der Waals surface area contributed by atoms with E-state index in [9.17, 15) is 14.4 Å². The maximum absolute atomic E-state index is 12.8. The monoisotopic (exact) mass is 412 g/mol. The smallest absolute Gasteiger partial charge is 0.261 e. The van der Waals surface area contributed by atoms with Crippen molar-refractivity contribution in [2.24, 2.45) is 0 Å². The van der Waals surface area contributed by atoms with Gasteiger partial charge in [0.2, 0.25) is 5.91 Å². The highest BCUT2D eigenvalue weighted by atomic mass is 79.9. The molecule has 0 saturated carbocycles. The number of hydrogen-bond acceptors (Lipinski definition) is 3. The van der Waals surface area contributed by atoms with Crippen LogP contribution in [0, 0.1) is 0 Å². The number of para-hydroxylation sites is 1. The van der Waals surface area contributed by atoms with Gasteiger partial charge in [-0.15, -0.1) is 0 Å². The predicted octanol–water partition coefficient (Wildman–Crippen LogP) is 3.41. The molecule has 2 aliphatic rings. The van der Waals surface area contributed by atoms with Gasteiger partial charge in [0.05, 0.1) is 11.1 Å². The molecule has 0 aromatic heterocycles. The van der Waals surface area contributed by atoms with E-state index in [2.05, 4.69) is 15.9 Å². The van der Waals surface area contributed by atoms with Crippen LogP contribution < -0.4 is 4.90 Å². The standard InChI is InChI=1S/C20H17BrN2O3/c1-12-10-13-4-2-3-5-17(13)23(12)18(24)8-9-22-19(25)15-7-6-14(21)11-16(15)20(22)26/h2-7,11-12H,8-10H2,1H3. The Bertz CT molecular complexity index is 940. The van der Waals surface area contributed by atoms with E-state index in [-0.39, 0.29) is 36.7 Å². The van der Waals surface area contributed by atoms with E-state index < -0.39 is 0 Å². The maximum Gasteiger partial charge on any atom is 0.261 e. The molecule has 2 aromatic carbocycles. The average molecular weight is 413 g/mol. The molecule has 2 heterocycles. The molecule has 2 aromatic rings. The van der Waals surface area contributed by atoms with E-state index in [1.165, 1.54) is 4.90 Å². The summed E-state index contributed by atoms with van der Waals surface area (Å²) in [6, 6.07) is 13.0. The third kappa shape index (κ3) is 2.65. The summed E-state index contributed by atoms with van der Waals surface area (Å²) in [4.78, 5) is 40.7. The van der Waals surface area contributed by atoms with Crippen LogP contribution in [0.5, 0.6) is 0 Å². The minimum Gasteiger partial charge on any atom is -0.309 e. The minimum atomic E-state index is -0.339. The number of anilines is 1. The molecule has 0 aliphatic carbocycles. The van der Waals surface area contributed by atoms with Crippen molar-refractivity contribution in [3.63, 3.8) is 0 Å². The summed E-state index contributed by atoms with van der Waals surface area (Å²) >= 11 is 3.32. The molecule has 0 N–H and O–H groups in total. The van der Waals surface area contributed by atoms with E-state index in [1.54, 1.807) is 23.1 Å². The molecule has 0 fully saturated rings. The van der Waals surface area contributed by atoms with Gasteiger partial charge in [0.1, 0.15) is 0 Å². The number of carbonyl (C=O) groups excluding carboxylic acids is 3. The van der Waals surface area contributed by atoms with Crippen molar-refractivity contribution in [1.82, 2.24) is 4.90 Å². The van der Waals surface area contributed by atoms with Crippen LogP contribution in [0.4, 0.5) is 5.69 Å². The second-order valence-electron chi connectivity index (χ2n) is 6.65. The lowest BCUT2D eigenvalue weighted by atomic mass is 10.1. The quantitative estimate of drug-likeness (QED) is 0.725. The first-order valence-electron chi connectivity index (χ1n) is 8.53. The highest BCUT2D eigenvalue weighted by Gasteiger charge is 2.37. The number of amides is 3. The Balaban J connectivity index is 1.49. The fourth-order valence-corrected chi connectivity index (χ4v) is 4.10. The van der Waals surface area contributed by atoms with Gasteiger partial charge in [-0.25, -0.2) is 0 Å². The summed E-state index contributed by atoms with van der Waals surface area (Å²) in [6.07, 6.45) is 0.939. The van der Waals surface area contributed by atoms with Crippen LogP contribution in [0.2, 0.25) is 0 Å². The molecular weight excluding hydrogens is 396 g/mol. The number of carbonyl (C=O) groups is 3. The summed E-state index contributed by atoms with van der Waals surface area (Å²) in [6.45, 7) is 2.10. The lowest BCUT2D eigenvalue weighted by Gasteiger charge is -2.24. The van der Waals surface area contributed by atoms with Gasteiger partial charge in [0.15, 0.2) is 0 Å². The highest BCUT2D eigenvalue weighted by molar-refractivity contribution is 9.10. The third-order valence-electron chi connectivity index (χ3n) is 4.96. The van der Waals surface area contributed by atoms with Gasteiger partial charge < -0.3 is 4.90 Å². The van der Waals surface area contributed by atoms with Crippen molar-refractivity contribution in [2.75, 3.05) is 11.4 Å². The van der Waals surface area contributed by atoms with E-state index in [0.717, 1.165) is 22.1 Å². The SMILES string of the molecule is CC1Cc2ccccc2N1C(=O)CCN1C(=O)c2ccc(Br)cc2C1=O. The van der Waals surface area contributed by atoms with Crippen molar-refractivity contribution in [2.45, 2.75) is 25.8 Å². The maximum atomic E-state index is 12.8. The Labute approximate surface area is 159 Å². The Morgan fingerprint density at radius 3 is 2.65 bits per heavy atom. The van der Waals surface area contributed by atoms with Crippen molar-refractivity contribution in [3.8, 4) is 0 Å². The van der Waals surface area contributed by atoms with Crippen LogP contribution in [0.25, 0.3) is 0 Å². The van der Waals surface area contributed by atoms with Crippen LogP contribution in [0.3, 0.4) is 0 Å². The molecule has 3 amide bonds. The largest absolute Gasteiger partial charge is 0.309 e. The van der Waals surface area contributed by atoms with E-state index in [4.69, 9.17) is 0 Å². The molecule has 132 valence electrons. The topological polar surface area (TPSA) is 57.7 Å². The van der Waals surface area contributed by atoms with Crippen LogP contribution >= 0.6 is 15.9 Å². The highest BCUT2D eigenvalue weighted by Crippen LogP contribution is 2.32. The zero-order valence-corrected chi connectivity index (χ0v) is 15.8. The number of benzene rings is 2. The second-order valence-corrected chi connectivity index (χ2v) is 7.56. The fraction of sp³-hybridized carbons (Fsp3) is 0.250. The lowest BCUT2D eigenvalue weighted by molar-refractivity contribution is -0.119. The molecule has 26 heavy (non-hydrogen) atoms. The lowest BCUT2D eigenvalue weighted by Crippen LogP contribution is -2.39. The van der Waals surface area contributed by atoms with Gasteiger partial charge in [-0.05, 0) is 43.2 Å². The van der Waals surface area contributed by atoms with Crippen LogP contribution in [-0.4, -0.2) is 35.2 Å². The van der Waals surface area contributed by atoms with Gasteiger partial charge in [0.25, 0.3) is 11.8 Å². The van der Waals surface area contributed by atoms with Gasteiger partial charge in [0, 0.05) is 29.2 Å². The Morgan fingerprint density at radius 2 is 1.85 bits per heavy atom. The molecule has 2 aliphatic heterocycles. The third-order valence-corrected chi connectivity index (χ3v) is 5.45. The Hall–Kier alpha value is -2.47. The summed E-state index contributed by atoms with van der Waals surface area (Å²) in [5.74, 6) is -0.741. The van der Waals surface area contributed by atoms with Gasteiger partial charge in [-0.2, -0.15) is 0 Å². The van der Waals surface area contributed by atoms with E-state index in [0.29, 0.717) is 11.1 Å². The van der Waals surface area contributed by atoms with Crippen molar-refractivity contribution >= 4 is 39.3 Å². The van der Waals surface area contributed by atoms with Crippen molar-refractivity contribution in [3.05, 3.63) is 63.6 Å². The molecular formula is C20H17BrN2O3. The van der Waals surface area contributed by atoms with Gasteiger partial charge >= 0.3 is 0 Å². The molecule has 6 heteroatoms.